The molecule has 2 N–H and O–H groups in total. The topological polar surface area (TPSA) is 100 Å². The van der Waals surface area contributed by atoms with Gasteiger partial charge in [-0.25, -0.2) is 8.78 Å². The Morgan fingerprint density at radius 2 is 1.78 bits per heavy atom. The molecule has 0 aromatic heterocycles. The van der Waals surface area contributed by atoms with Gasteiger partial charge in [0.25, 0.3) is 11.8 Å². The number of carbonyl (C=O) groups is 2. The SMILES string of the molecule is CCOc1cc(/C=C(\C#N)C(=O)Nc2ccc(F)cc2)cc(Cl)c1OCC(=O)Nc1ccccc1F. The zero-order chi connectivity index (χ0) is 26.1. The number of carbonyl (C=O) groups excluding carboxylic acids is 2. The van der Waals surface area contributed by atoms with Gasteiger partial charge in [-0.15, -0.1) is 0 Å². The van der Waals surface area contributed by atoms with E-state index >= 15 is 0 Å². The van der Waals surface area contributed by atoms with E-state index in [4.69, 9.17) is 21.1 Å². The number of nitrogens with zero attached hydrogens (tertiary/aromatic N) is 1. The largest absolute Gasteiger partial charge is 0.490 e. The molecule has 2 amide bonds. The average Bonchev–Trinajstić information content (AvgIpc) is 2.85. The number of nitrogens with one attached hydrogen (secondary N) is 2. The van der Waals surface area contributed by atoms with Crippen LogP contribution in [-0.2, 0) is 9.59 Å². The van der Waals surface area contributed by atoms with Gasteiger partial charge in [0.2, 0.25) is 0 Å². The number of nitriles is 1. The van der Waals surface area contributed by atoms with Crippen molar-refractivity contribution < 1.29 is 27.8 Å². The first kappa shape index (κ1) is 26.2. The third-order valence-electron chi connectivity index (χ3n) is 4.61. The molecule has 10 heteroatoms. The molecule has 0 spiro atoms. The maximum absolute atomic E-state index is 13.7. The number of amides is 2. The molecule has 0 bridgehead atoms. The highest BCUT2D eigenvalue weighted by molar-refractivity contribution is 6.32. The Morgan fingerprint density at radius 1 is 1.06 bits per heavy atom. The highest BCUT2D eigenvalue weighted by atomic mass is 35.5. The minimum Gasteiger partial charge on any atom is -0.490 e. The first-order valence-electron chi connectivity index (χ1n) is 10.6. The Morgan fingerprint density at radius 3 is 2.44 bits per heavy atom. The van der Waals surface area contributed by atoms with Crippen molar-refractivity contribution in [2.75, 3.05) is 23.8 Å². The second-order valence-corrected chi connectivity index (χ2v) is 7.62. The number of ether oxygens (including phenoxy) is 2. The fourth-order valence-corrected chi connectivity index (χ4v) is 3.28. The van der Waals surface area contributed by atoms with Crippen molar-refractivity contribution in [1.29, 1.82) is 5.26 Å². The Bertz CT molecular complexity index is 1340. The van der Waals surface area contributed by atoms with E-state index in [9.17, 15) is 23.6 Å². The molecule has 0 heterocycles. The van der Waals surface area contributed by atoms with Crippen molar-refractivity contribution in [1.82, 2.24) is 0 Å². The molecule has 0 fully saturated rings. The fourth-order valence-electron chi connectivity index (χ4n) is 3.01. The standard InChI is InChI=1S/C26H20ClF2N3O4/c1-2-35-23-13-16(11-17(14-30)26(34)31-19-9-7-18(28)8-10-19)12-20(27)25(23)36-15-24(33)32-22-6-4-3-5-21(22)29/h3-13H,2,15H2,1H3,(H,31,34)(H,32,33)/b17-11+. The highest BCUT2D eigenvalue weighted by Gasteiger charge is 2.16. The van der Waals surface area contributed by atoms with Gasteiger partial charge < -0.3 is 20.1 Å². The molecule has 3 rings (SSSR count). The van der Waals surface area contributed by atoms with Crippen molar-refractivity contribution in [3.8, 4) is 17.6 Å². The Kier molecular flexibility index (Phi) is 8.97. The number of para-hydroxylation sites is 1. The molecular weight excluding hydrogens is 492 g/mol. The van der Waals surface area contributed by atoms with E-state index in [1.807, 2.05) is 6.07 Å². The van der Waals surface area contributed by atoms with E-state index in [0.29, 0.717) is 11.3 Å². The number of benzene rings is 3. The summed E-state index contributed by atoms with van der Waals surface area (Å²) in [6.45, 7) is 1.48. The number of anilines is 2. The summed E-state index contributed by atoms with van der Waals surface area (Å²) in [7, 11) is 0. The molecule has 36 heavy (non-hydrogen) atoms. The van der Waals surface area contributed by atoms with Crippen molar-refractivity contribution >= 4 is 40.9 Å². The molecule has 0 atom stereocenters. The van der Waals surface area contributed by atoms with E-state index < -0.39 is 30.1 Å². The van der Waals surface area contributed by atoms with Gasteiger partial charge in [-0.1, -0.05) is 23.7 Å². The van der Waals surface area contributed by atoms with Crippen LogP contribution >= 0.6 is 11.6 Å². The molecule has 0 radical (unpaired) electrons. The summed E-state index contributed by atoms with van der Waals surface area (Å²) in [5.41, 5.74) is 0.437. The third kappa shape index (κ3) is 7.04. The number of hydrogen-bond acceptors (Lipinski definition) is 5. The molecule has 0 aliphatic heterocycles. The van der Waals surface area contributed by atoms with Crippen LogP contribution in [0.15, 0.2) is 66.2 Å². The van der Waals surface area contributed by atoms with Crippen LogP contribution in [0.3, 0.4) is 0 Å². The molecular formula is C26H20ClF2N3O4. The summed E-state index contributed by atoms with van der Waals surface area (Å²) >= 11 is 6.35. The summed E-state index contributed by atoms with van der Waals surface area (Å²) in [5, 5.41) is 14.4. The predicted molar refractivity (Wildman–Crippen MR) is 132 cm³/mol. The van der Waals surface area contributed by atoms with Crippen LogP contribution in [0.1, 0.15) is 12.5 Å². The van der Waals surface area contributed by atoms with E-state index in [1.54, 1.807) is 13.0 Å². The number of halogens is 3. The van der Waals surface area contributed by atoms with E-state index in [-0.39, 0.29) is 34.4 Å². The molecule has 0 aliphatic carbocycles. The quantitative estimate of drug-likeness (QED) is 0.288. The van der Waals surface area contributed by atoms with Crippen molar-refractivity contribution in [3.63, 3.8) is 0 Å². The van der Waals surface area contributed by atoms with Crippen molar-refractivity contribution in [2.45, 2.75) is 6.92 Å². The Labute approximate surface area is 210 Å². The van der Waals surface area contributed by atoms with E-state index in [1.165, 1.54) is 60.7 Å². The van der Waals surface area contributed by atoms with E-state index in [0.717, 1.165) is 0 Å². The normalized spacial score (nSPS) is 10.8. The third-order valence-corrected chi connectivity index (χ3v) is 4.89. The van der Waals surface area contributed by atoms with Gasteiger partial charge in [-0.3, -0.25) is 9.59 Å². The molecule has 0 saturated heterocycles. The lowest BCUT2D eigenvalue weighted by Crippen LogP contribution is -2.21. The van der Waals surface area contributed by atoms with Gasteiger partial charge in [0.05, 0.1) is 17.3 Å². The lowest BCUT2D eigenvalue weighted by atomic mass is 10.1. The molecule has 0 saturated carbocycles. The van der Waals surface area contributed by atoms with Crippen LogP contribution in [0.2, 0.25) is 5.02 Å². The summed E-state index contributed by atoms with van der Waals surface area (Å²) in [5.74, 6) is -2.14. The first-order valence-corrected chi connectivity index (χ1v) is 11.0. The fraction of sp³-hybridized carbons (Fsp3) is 0.115. The van der Waals surface area contributed by atoms with Crippen molar-refractivity contribution in [2.24, 2.45) is 0 Å². The molecule has 184 valence electrons. The van der Waals surface area contributed by atoms with Gasteiger partial charge in [-0.2, -0.15) is 5.26 Å². The maximum Gasteiger partial charge on any atom is 0.266 e. The van der Waals surface area contributed by atoms with Crippen LogP contribution < -0.4 is 20.1 Å². The molecule has 3 aromatic carbocycles. The van der Waals surface area contributed by atoms with Crippen LogP contribution in [0.25, 0.3) is 6.08 Å². The smallest absolute Gasteiger partial charge is 0.266 e. The van der Waals surface area contributed by atoms with E-state index in [2.05, 4.69) is 10.6 Å². The average molecular weight is 512 g/mol. The molecule has 3 aromatic rings. The van der Waals surface area contributed by atoms with Crippen LogP contribution in [-0.4, -0.2) is 25.0 Å². The minimum atomic E-state index is -0.705. The second-order valence-electron chi connectivity index (χ2n) is 7.21. The number of hydrogen-bond donors (Lipinski definition) is 2. The monoisotopic (exact) mass is 511 g/mol. The van der Waals surface area contributed by atoms with Gasteiger partial charge in [0.15, 0.2) is 18.1 Å². The highest BCUT2D eigenvalue weighted by Crippen LogP contribution is 2.37. The number of rotatable bonds is 9. The zero-order valence-electron chi connectivity index (χ0n) is 19.0. The van der Waals surface area contributed by atoms with Crippen LogP contribution in [0.5, 0.6) is 11.5 Å². The zero-order valence-corrected chi connectivity index (χ0v) is 19.7. The van der Waals surface area contributed by atoms with Crippen LogP contribution in [0, 0.1) is 23.0 Å². The van der Waals surface area contributed by atoms with Gasteiger partial charge in [-0.05, 0) is 67.1 Å². The molecule has 0 aliphatic rings. The summed E-state index contributed by atoms with van der Waals surface area (Å²) in [6, 6.07) is 15.5. The van der Waals surface area contributed by atoms with Gasteiger partial charge >= 0.3 is 0 Å². The Balaban J connectivity index is 1.77. The summed E-state index contributed by atoms with van der Waals surface area (Å²) < 4.78 is 37.9. The van der Waals surface area contributed by atoms with Gasteiger partial charge in [0, 0.05) is 5.69 Å². The maximum atomic E-state index is 13.7. The minimum absolute atomic E-state index is 0.00524. The lowest BCUT2D eigenvalue weighted by molar-refractivity contribution is -0.118. The lowest BCUT2D eigenvalue weighted by Gasteiger charge is -2.15. The van der Waals surface area contributed by atoms with Crippen molar-refractivity contribution in [3.05, 3.63) is 88.5 Å². The summed E-state index contributed by atoms with van der Waals surface area (Å²) in [6.07, 6.45) is 1.29. The van der Waals surface area contributed by atoms with Gasteiger partial charge in [0.1, 0.15) is 23.3 Å². The second kappa shape index (κ2) is 12.3. The molecule has 0 unspecified atom stereocenters. The summed E-state index contributed by atoms with van der Waals surface area (Å²) in [4.78, 5) is 24.7. The Hall–Kier alpha value is -4.42. The van der Waals surface area contributed by atoms with Crippen LogP contribution in [0.4, 0.5) is 20.2 Å². The molecule has 7 nitrogen and oxygen atoms in total. The predicted octanol–water partition coefficient (Wildman–Crippen LogP) is 5.58. The first-order chi connectivity index (χ1) is 17.3.